The zero-order valence-corrected chi connectivity index (χ0v) is 16.1. The van der Waals surface area contributed by atoms with E-state index in [4.69, 9.17) is 9.15 Å². The molecule has 0 aliphatic rings. The van der Waals surface area contributed by atoms with Crippen molar-refractivity contribution in [3.63, 3.8) is 0 Å². The summed E-state index contributed by atoms with van der Waals surface area (Å²) in [5.74, 6) is -0.846. The molecule has 2 aromatic carbocycles. The second-order valence-electron chi connectivity index (χ2n) is 6.33. The van der Waals surface area contributed by atoms with E-state index in [-0.39, 0.29) is 11.5 Å². The highest BCUT2D eigenvalue weighted by Gasteiger charge is 2.14. The number of nitrogens with one attached hydrogen (secondary N) is 2. The number of hydrogen-bond donors (Lipinski definition) is 2. The van der Waals surface area contributed by atoms with E-state index in [0.29, 0.717) is 48.4 Å². The number of benzene rings is 2. The molecule has 29 heavy (non-hydrogen) atoms. The highest BCUT2D eigenvalue weighted by Crippen LogP contribution is 2.15. The van der Waals surface area contributed by atoms with Crippen LogP contribution in [0.25, 0.3) is 11.0 Å². The molecule has 2 N–H and O–H groups in total. The van der Waals surface area contributed by atoms with E-state index in [1.807, 2.05) is 6.92 Å². The van der Waals surface area contributed by atoms with Crippen molar-refractivity contribution in [1.29, 1.82) is 0 Å². The van der Waals surface area contributed by atoms with E-state index < -0.39 is 11.5 Å². The lowest BCUT2D eigenvalue weighted by atomic mass is 10.1. The lowest BCUT2D eigenvalue weighted by Crippen LogP contribution is -2.25. The van der Waals surface area contributed by atoms with Crippen molar-refractivity contribution < 1.29 is 18.7 Å². The first-order valence-electron chi connectivity index (χ1n) is 9.38. The number of ether oxygens (including phenoxy) is 1. The number of para-hydroxylation sites is 1. The second kappa shape index (κ2) is 9.66. The lowest BCUT2D eigenvalue weighted by Gasteiger charge is -2.08. The van der Waals surface area contributed by atoms with Crippen molar-refractivity contribution in [2.75, 3.05) is 25.1 Å². The van der Waals surface area contributed by atoms with Gasteiger partial charge in [0, 0.05) is 36.4 Å². The molecule has 1 heterocycles. The van der Waals surface area contributed by atoms with E-state index in [2.05, 4.69) is 10.6 Å². The summed E-state index contributed by atoms with van der Waals surface area (Å²) in [5.41, 5.74) is 0.408. The van der Waals surface area contributed by atoms with Gasteiger partial charge in [0.1, 0.15) is 11.1 Å². The third-order valence-electron chi connectivity index (χ3n) is 4.22. The summed E-state index contributed by atoms with van der Waals surface area (Å²) < 4.78 is 10.4. The summed E-state index contributed by atoms with van der Waals surface area (Å²) in [6.07, 6.45) is 0.716. The minimum absolute atomic E-state index is 0.102. The first-order chi connectivity index (χ1) is 14.1. The zero-order chi connectivity index (χ0) is 20.6. The van der Waals surface area contributed by atoms with Crippen LogP contribution in [-0.4, -0.2) is 31.6 Å². The number of carbonyl (C=O) groups is 2. The number of hydrogen-bond acceptors (Lipinski definition) is 5. The smallest absolute Gasteiger partial charge is 0.349 e. The average molecular weight is 394 g/mol. The third-order valence-corrected chi connectivity index (χ3v) is 4.22. The van der Waals surface area contributed by atoms with Crippen LogP contribution in [0.2, 0.25) is 0 Å². The third kappa shape index (κ3) is 5.30. The van der Waals surface area contributed by atoms with Crippen LogP contribution in [0.5, 0.6) is 0 Å². The molecule has 0 fully saturated rings. The minimum atomic E-state index is -0.718. The molecule has 0 aliphatic heterocycles. The Morgan fingerprint density at radius 2 is 1.86 bits per heavy atom. The van der Waals surface area contributed by atoms with Gasteiger partial charge >= 0.3 is 5.63 Å². The van der Waals surface area contributed by atoms with Crippen LogP contribution in [0.4, 0.5) is 5.69 Å². The largest absolute Gasteiger partial charge is 0.422 e. The first kappa shape index (κ1) is 20.3. The number of anilines is 1. The molecule has 0 saturated heterocycles. The predicted molar refractivity (Wildman–Crippen MR) is 110 cm³/mol. The van der Waals surface area contributed by atoms with Crippen LogP contribution in [0.1, 0.15) is 34.1 Å². The summed E-state index contributed by atoms with van der Waals surface area (Å²) >= 11 is 0. The Morgan fingerprint density at radius 1 is 1.03 bits per heavy atom. The normalized spacial score (nSPS) is 10.7. The maximum absolute atomic E-state index is 12.5. The molecule has 7 nitrogen and oxygen atoms in total. The fraction of sp³-hybridized carbons (Fsp3) is 0.227. The van der Waals surface area contributed by atoms with Gasteiger partial charge in [0.15, 0.2) is 0 Å². The maximum Gasteiger partial charge on any atom is 0.349 e. The molecule has 0 bridgehead atoms. The van der Waals surface area contributed by atoms with Crippen molar-refractivity contribution in [3.05, 3.63) is 76.1 Å². The Hall–Kier alpha value is -3.45. The fourth-order valence-corrected chi connectivity index (χ4v) is 2.78. The van der Waals surface area contributed by atoms with Crippen molar-refractivity contribution in [1.82, 2.24) is 5.32 Å². The van der Waals surface area contributed by atoms with Gasteiger partial charge in [0.05, 0.1) is 0 Å². The van der Waals surface area contributed by atoms with Crippen molar-refractivity contribution in [3.8, 4) is 0 Å². The van der Waals surface area contributed by atoms with E-state index in [1.54, 1.807) is 48.5 Å². The van der Waals surface area contributed by atoms with Crippen LogP contribution in [0.3, 0.4) is 0 Å². The SMILES string of the molecule is CCOCCCNC(=O)c1cccc(NC(=O)c2cc3ccccc3oc2=O)c1. The maximum atomic E-state index is 12.5. The molecule has 3 aromatic rings. The second-order valence-corrected chi connectivity index (χ2v) is 6.33. The zero-order valence-electron chi connectivity index (χ0n) is 16.1. The van der Waals surface area contributed by atoms with Gasteiger partial charge in [-0.25, -0.2) is 4.79 Å². The number of amides is 2. The number of fused-ring (bicyclic) bond motifs is 1. The van der Waals surface area contributed by atoms with Crippen LogP contribution < -0.4 is 16.3 Å². The van der Waals surface area contributed by atoms with Gasteiger partial charge in [0.2, 0.25) is 0 Å². The summed E-state index contributed by atoms with van der Waals surface area (Å²) in [4.78, 5) is 36.9. The Morgan fingerprint density at radius 3 is 2.69 bits per heavy atom. The van der Waals surface area contributed by atoms with Gasteiger partial charge in [0.25, 0.3) is 11.8 Å². The van der Waals surface area contributed by atoms with Crippen molar-refractivity contribution >= 4 is 28.5 Å². The molecule has 0 saturated carbocycles. The highest BCUT2D eigenvalue weighted by atomic mass is 16.5. The predicted octanol–water partition coefficient (Wildman–Crippen LogP) is 3.20. The molecule has 3 rings (SSSR count). The van der Waals surface area contributed by atoms with E-state index >= 15 is 0 Å². The number of carbonyl (C=O) groups excluding carboxylic acids is 2. The summed E-state index contributed by atoms with van der Waals surface area (Å²) in [6, 6.07) is 15.0. The fourth-order valence-electron chi connectivity index (χ4n) is 2.78. The van der Waals surface area contributed by atoms with Crippen LogP contribution in [-0.2, 0) is 4.74 Å². The molecule has 1 aromatic heterocycles. The van der Waals surface area contributed by atoms with E-state index in [0.717, 1.165) is 0 Å². The molecule has 7 heteroatoms. The summed E-state index contributed by atoms with van der Waals surface area (Å²) in [7, 11) is 0. The van der Waals surface area contributed by atoms with Crippen molar-refractivity contribution in [2.24, 2.45) is 0 Å². The van der Waals surface area contributed by atoms with Gasteiger partial charge in [-0.2, -0.15) is 0 Å². The van der Waals surface area contributed by atoms with Gasteiger partial charge < -0.3 is 19.8 Å². The molecular weight excluding hydrogens is 372 g/mol. The Labute approximate surface area is 167 Å². The molecular formula is C22H22N2O5. The molecule has 0 spiro atoms. The molecule has 0 unspecified atom stereocenters. The van der Waals surface area contributed by atoms with Gasteiger partial charge in [-0.15, -0.1) is 0 Å². The van der Waals surface area contributed by atoms with Crippen LogP contribution in [0.15, 0.2) is 63.8 Å². The monoisotopic (exact) mass is 394 g/mol. The van der Waals surface area contributed by atoms with Crippen molar-refractivity contribution in [2.45, 2.75) is 13.3 Å². The molecule has 0 atom stereocenters. The first-order valence-corrected chi connectivity index (χ1v) is 9.38. The van der Waals surface area contributed by atoms with Crippen LogP contribution >= 0.6 is 0 Å². The Balaban J connectivity index is 1.68. The summed E-state index contributed by atoms with van der Waals surface area (Å²) in [5, 5.41) is 6.10. The van der Waals surface area contributed by atoms with E-state index in [9.17, 15) is 14.4 Å². The average Bonchev–Trinajstić information content (AvgIpc) is 2.73. The topological polar surface area (TPSA) is 97.6 Å². The van der Waals surface area contributed by atoms with Gasteiger partial charge in [-0.3, -0.25) is 9.59 Å². The summed E-state index contributed by atoms with van der Waals surface area (Å²) in [6.45, 7) is 3.64. The number of rotatable bonds is 8. The Kier molecular flexibility index (Phi) is 6.76. The van der Waals surface area contributed by atoms with Gasteiger partial charge in [-0.1, -0.05) is 24.3 Å². The molecule has 0 radical (unpaired) electrons. The standard InChI is InChI=1S/C22H22N2O5/c1-2-28-12-6-11-23-20(25)16-8-5-9-17(13-16)24-21(26)18-14-15-7-3-4-10-19(15)29-22(18)27/h3-5,7-10,13-14H,2,6,11-12H2,1H3,(H,23,25)(H,24,26). The van der Waals surface area contributed by atoms with Gasteiger partial charge in [-0.05, 0) is 43.7 Å². The van der Waals surface area contributed by atoms with Crippen LogP contribution in [0, 0.1) is 0 Å². The van der Waals surface area contributed by atoms with E-state index in [1.165, 1.54) is 6.07 Å². The molecule has 0 aliphatic carbocycles. The molecule has 150 valence electrons. The quantitative estimate of drug-likeness (QED) is 0.452. The minimum Gasteiger partial charge on any atom is -0.422 e. The molecule has 2 amide bonds. The highest BCUT2D eigenvalue weighted by molar-refractivity contribution is 6.06. The lowest BCUT2D eigenvalue weighted by molar-refractivity contribution is 0.0942. The Bertz CT molecular complexity index is 1070.